The topological polar surface area (TPSA) is 35.2 Å². The van der Waals surface area contributed by atoms with E-state index in [2.05, 4.69) is 0 Å². The Kier molecular flexibility index (Phi) is 3.57. The number of hydrogen-bond acceptors (Lipinski definition) is 2. The van der Waals surface area contributed by atoms with E-state index in [-0.39, 0.29) is 12.1 Å². The minimum absolute atomic E-state index is 0.0338. The van der Waals surface area contributed by atoms with Crippen LogP contribution in [0.3, 0.4) is 0 Å². The van der Waals surface area contributed by atoms with Gasteiger partial charge in [0.15, 0.2) is 0 Å². The van der Waals surface area contributed by atoms with Gasteiger partial charge in [-0.3, -0.25) is 0 Å². The van der Waals surface area contributed by atoms with Gasteiger partial charge in [0.05, 0.1) is 12.5 Å². The van der Waals surface area contributed by atoms with Crippen LogP contribution in [0.2, 0.25) is 0 Å². The molecule has 1 aromatic carbocycles. The van der Waals surface area contributed by atoms with Crippen molar-refractivity contribution in [2.45, 2.75) is 31.6 Å². The van der Waals surface area contributed by atoms with Gasteiger partial charge >= 0.3 is 0 Å². The number of ether oxygens (including phenoxy) is 1. The van der Waals surface area contributed by atoms with E-state index in [4.69, 9.17) is 10.5 Å². The summed E-state index contributed by atoms with van der Waals surface area (Å²) in [6, 6.07) is 6.02. The molecule has 2 nitrogen and oxygen atoms in total. The molecule has 100 valence electrons. The van der Waals surface area contributed by atoms with Crippen molar-refractivity contribution >= 4 is 0 Å². The highest BCUT2D eigenvalue weighted by Crippen LogP contribution is 2.54. The van der Waals surface area contributed by atoms with Crippen LogP contribution >= 0.6 is 0 Å². The van der Waals surface area contributed by atoms with Crippen LogP contribution in [0, 0.1) is 5.41 Å². The standard InChI is InChI=1S/C14H19F2NO/c1-18-12-6-4-11(5-7-12)14(15,16)13(10-17)8-2-3-9-13/h4-7H,2-3,8-10,17H2,1H3. The van der Waals surface area contributed by atoms with Gasteiger partial charge in [0.25, 0.3) is 5.92 Å². The quantitative estimate of drug-likeness (QED) is 0.895. The molecule has 1 aliphatic carbocycles. The molecule has 0 aliphatic heterocycles. The summed E-state index contributed by atoms with van der Waals surface area (Å²) in [6.45, 7) is 0.0338. The van der Waals surface area contributed by atoms with Crippen LogP contribution < -0.4 is 10.5 Å². The fourth-order valence-corrected chi connectivity index (χ4v) is 2.80. The van der Waals surface area contributed by atoms with Gasteiger partial charge in [-0.2, -0.15) is 0 Å². The molecule has 2 rings (SSSR count). The molecule has 1 aromatic rings. The maximum absolute atomic E-state index is 14.6. The molecule has 0 aromatic heterocycles. The number of rotatable bonds is 4. The Morgan fingerprint density at radius 2 is 1.78 bits per heavy atom. The molecule has 0 bridgehead atoms. The summed E-state index contributed by atoms with van der Waals surface area (Å²) < 4.78 is 34.3. The maximum Gasteiger partial charge on any atom is 0.279 e. The second-order valence-electron chi connectivity index (χ2n) is 4.99. The lowest BCUT2D eigenvalue weighted by Crippen LogP contribution is -2.43. The van der Waals surface area contributed by atoms with E-state index in [1.165, 1.54) is 19.2 Å². The summed E-state index contributed by atoms with van der Waals surface area (Å²) in [7, 11) is 1.52. The number of methoxy groups -OCH3 is 1. The highest BCUT2D eigenvalue weighted by atomic mass is 19.3. The normalized spacial score (nSPS) is 18.9. The van der Waals surface area contributed by atoms with Gasteiger partial charge in [-0.15, -0.1) is 0 Å². The lowest BCUT2D eigenvalue weighted by Gasteiger charge is -2.36. The van der Waals surface area contributed by atoms with E-state index in [9.17, 15) is 8.78 Å². The number of nitrogens with two attached hydrogens (primary N) is 1. The van der Waals surface area contributed by atoms with Crippen LogP contribution in [-0.4, -0.2) is 13.7 Å². The Balaban J connectivity index is 2.33. The minimum atomic E-state index is -2.87. The first-order valence-electron chi connectivity index (χ1n) is 6.28. The number of hydrogen-bond donors (Lipinski definition) is 1. The highest BCUT2D eigenvalue weighted by Gasteiger charge is 2.54. The molecule has 0 radical (unpaired) electrons. The van der Waals surface area contributed by atoms with Crippen molar-refractivity contribution in [2.24, 2.45) is 11.1 Å². The molecule has 2 N–H and O–H groups in total. The number of alkyl halides is 2. The van der Waals surface area contributed by atoms with Crippen molar-refractivity contribution in [3.8, 4) is 5.75 Å². The molecule has 1 fully saturated rings. The molecule has 0 atom stereocenters. The third-order valence-electron chi connectivity index (χ3n) is 4.07. The SMILES string of the molecule is COc1ccc(C(F)(F)C2(CN)CCCC2)cc1. The third-order valence-corrected chi connectivity index (χ3v) is 4.07. The van der Waals surface area contributed by atoms with E-state index in [0.29, 0.717) is 18.6 Å². The lowest BCUT2D eigenvalue weighted by atomic mass is 9.76. The van der Waals surface area contributed by atoms with Gasteiger partial charge in [0.1, 0.15) is 5.75 Å². The van der Waals surface area contributed by atoms with Crippen LogP contribution in [0.25, 0.3) is 0 Å². The minimum Gasteiger partial charge on any atom is -0.497 e. The molecule has 1 saturated carbocycles. The number of benzene rings is 1. The van der Waals surface area contributed by atoms with Crippen molar-refractivity contribution in [1.29, 1.82) is 0 Å². The first kappa shape index (κ1) is 13.3. The molecular weight excluding hydrogens is 236 g/mol. The fourth-order valence-electron chi connectivity index (χ4n) is 2.80. The van der Waals surface area contributed by atoms with Crippen LogP contribution in [-0.2, 0) is 5.92 Å². The maximum atomic E-state index is 14.6. The summed E-state index contributed by atoms with van der Waals surface area (Å²) in [5, 5.41) is 0. The van der Waals surface area contributed by atoms with E-state index in [1.807, 2.05) is 0 Å². The fraction of sp³-hybridized carbons (Fsp3) is 0.571. The van der Waals surface area contributed by atoms with E-state index in [1.54, 1.807) is 12.1 Å². The van der Waals surface area contributed by atoms with Gasteiger partial charge in [-0.1, -0.05) is 12.8 Å². The van der Waals surface area contributed by atoms with Crippen LogP contribution in [0.4, 0.5) is 8.78 Å². The molecule has 0 unspecified atom stereocenters. The molecule has 0 spiro atoms. The Labute approximate surface area is 106 Å². The summed E-state index contributed by atoms with van der Waals surface area (Å²) >= 11 is 0. The predicted octanol–water partition coefficient (Wildman–Crippen LogP) is 3.31. The molecule has 18 heavy (non-hydrogen) atoms. The summed E-state index contributed by atoms with van der Waals surface area (Å²) in [5.41, 5.74) is 4.61. The zero-order valence-corrected chi connectivity index (χ0v) is 10.6. The second-order valence-corrected chi connectivity index (χ2v) is 4.99. The van der Waals surface area contributed by atoms with Gasteiger partial charge in [0.2, 0.25) is 0 Å². The third kappa shape index (κ3) is 1.99. The van der Waals surface area contributed by atoms with Gasteiger partial charge in [-0.05, 0) is 37.1 Å². The average Bonchev–Trinajstić information content (AvgIpc) is 2.89. The van der Waals surface area contributed by atoms with E-state index >= 15 is 0 Å². The predicted molar refractivity (Wildman–Crippen MR) is 66.8 cm³/mol. The Bertz CT molecular complexity index is 397. The Morgan fingerprint density at radius 3 is 2.22 bits per heavy atom. The first-order chi connectivity index (χ1) is 8.55. The second kappa shape index (κ2) is 4.84. The lowest BCUT2D eigenvalue weighted by molar-refractivity contribution is -0.124. The van der Waals surface area contributed by atoms with Crippen LogP contribution in [0.15, 0.2) is 24.3 Å². The van der Waals surface area contributed by atoms with Crippen molar-refractivity contribution in [3.05, 3.63) is 29.8 Å². The highest BCUT2D eigenvalue weighted by molar-refractivity contribution is 5.31. The molecule has 4 heteroatoms. The van der Waals surface area contributed by atoms with Crippen molar-refractivity contribution in [2.75, 3.05) is 13.7 Å². The van der Waals surface area contributed by atoms with E-state index in [0.717, 1.165) is 12.8 Å². The van der Waals surface area contributed by atoms with Crippen molar-refractivity contribution in [3.63, 3.8) is 0 Å². The molecule has 0 amide bonds. The Hall–Kier alpha value is -1.16. The zero-order valence-electron chi connectivity index (χ0n) is 10.6. The zero-order chi connectivity index (χ0) is 13.2. The van der Waals surface area contributed by atoms with Gasteiger partial charge in [-0.25, -0.2) is 8.78 Å². The average molecular weight is 255 g/mol. The summed E-state index contributed by atoms with van der Waals surface area (Å²) in [5.74, 6) is -2.28. The summed E-state index contributed by atoms with van der Waals surface area (Å²) in [6.07, 6.45) is 2.68. The number of halogens is 2. The molecule has 0 heterocycles. The van der Waals surface area contributed by atoms with Crippen LogP contribution in [0.1, 0.15) is 31.2 Å². The molecular formula is C14H19F2NO. The molecule has 1 aliphatic rings. The molecule has 0 saturated heterocycles. The smallest absolute Gasteiger partial charge is 0.279 e. The van der Waals surface area contributed by atoms with Crippen LogP contribution in [0.5, 0.6) is 5.75 Å². The summed E-state index contributed by atoms with van der Waals surface area (Å²) in [4.78, 5) is 0. The van der Waals surface area contributed by atoms with Crippen molar-refractivity contribution in [1.82, 2.24) is 0 Å². The monoisotopic (exact) mass is 255 g/mol. The Morgan fingerprint density at radius 1 is 1.22 bits per heavy atom. The van der Waals surface area contributed by atoms with Gasteiger partial charge < -0.3 is 10.5 Å². The van der Waals surface area contributed by atoms with E-state index < -0.39 is 11.3 Å². The largest absolute Gasteiger partial charge is 0.497 e. The van der Waals surface area contributed by atoms with Crippen molar-refractivity contribution < 1.29 is 13.5 Å². The van der Waals surface area contributed by atoms with Gasteiger partial charge in [0, 0.05) is 12.1 Å². The first-order valence-corrected chi connectivity index (χ1v) is 6.28.